The highest BCUT2D eigenvalue weighted by atomic mass is 16.3. The van der Waals surface area contributed by atoms with Crippen LogP contribution in [-0.4, -0.2) is 27.7 Å². The van der Waals surface area contributed by atoms with Crippen LogP contribution in [0, 0.1) is 5.92 Å². The zero-order chi connectivity index (χ0) is 29.2. The van der Waals surface area contributed by atoms with E-state index < -0.39 is 11.2 Å². The van der Waals surface area contributed by atoms with E-state index in [2.05, 4.69) is 44.2 Å². The van der Waals surface area contributed by atoms with Crippen LogP contribution in [0.25, 0.3) is 0 Å². The fraction of sp³-hybridized carbons (Fsp3) is 0.400. The first kappa shape index (κ1) is 35.0. The topological polar surface area (TPSA) is 57.5 Å². The van der Waals surface area contributed by atoms with Crippen molar-refractivity contribution in [2.75, 3.05) is 0 Å². The minimum atomic E-state index is -0.839. The van der Waals surface area contributed by atoms with Crippen molar-refractivity contribution in [3.63, 3.8) is 0 Å². The van der Waals surface area contributed by atoms with Crippen LogP contribution >= 0.6 is 0 Å². The first-order chi connectivity index (χ1) is 17.6. The van der Waals surface area contributed by atoms with E-state index in [0.717, 1.165) is 35.0 Å². The normalized spacial score (nSPS) is 16.8. The standard InChI is InChI=1S/C35H50O3/c1-28(15-10-11-16-29(2)20-14-22-32(5)27-36)17-12-18-30(3)19-13-21-31(4)23-24-33(35(8,9)38)25-26-34(6,7)37/h10-24,27,33,37-38H,25-26H2,1-9H3/b11-10+,17-12+,19-13+,20-14+,24-23+,28-15+,29-16+,30-18+,31-21+,32-22+/t33-/m1/s1. The van der Waals surface area contributed by atoms with E-state index in [-0.39, 0.29) is 5.92 Å². The van der Waals surface area contributed by atoms with Crippen LogP contribution in [0.5, 0.6) is 0 Å². The Morgan fingerprint density at radius 3 is 1.34 bits per heavy atom. The quantitative estimate of drug-likeness (QED) is 0.130. The Kier molecular flexibility index (Phi) is 16.8. The molecule has 1 atom stereocenters. The summed E-state index contributed by atoms with van der Waals surface area (Å²) in [6.07, 6.45) is 32.3. The molecule has 0 unspecified atom stereocenters. The third kappa shape index (κ3) is 20.1. The average Bonchev–Trinajstić information content (AvgIpc) is 2.80. The van der Waals surface area contributed by atoms with Gasteiger partial charge in [0, 0.05) is 5.92 Å². The summed E-state index contributed by atoms with van der Waals surface area (Å²) in [5.74, 6) is -0.0305. The highest BCUT2D eigenvalue weighted by Crippen LogP contribution is 2.26. The fourth-order valence-corrected chi connectivity index (χ4v) is 3.19. The van der Waals surface area contributed by atoms with Gasteiger partial charge in [0.25, 0.3) is 0 Å². The SMILES string of the molecule is C\C(C=O)=C/C=C/C(C)=C/C=C/C=C(C)/C=C/C=C(C)/C=C/C=C(C)/C=C/[C@H](CCC(C)(C)O)C(C)(C)O. The van der Waals surface area contributed by atoms with E-state index in [4.69, 9.17) is 0 Å². The molecular formula is C35H50O3. The van der Waals surface area contributed by atoms with Gasteiger partial charge in [-0.25, -0.2) is 0 Å². The summed E-state index contributed by atoms with van der Waals surface area (Å²) in [6, 6.07) is 0. The van der Waals surface area contributed by atoms with E-state index in [0.29, 0.717) is 12.0 Å². The van der Waals surface area contributed by atoms with Gasteiger partial charge in [-0.1, -0.05) is 113 Å². The highest BCUT2D eigenvalue weighted by molar-refractivity contribution is 5.72. The predicted octanol–water partition coefficient (Wildman–Crippen LogP) is 8.64. The third-order valence-electron chi connectivity index (χ3n) is 5.74. The lowest BCUT2D eigenvalue weighted by Crippen LogP contribution is -2.31. The van der Waals surface area contributed by atoms with Crippen LogP contribution in [0.3, 0.4) is 0 Å². The number of rotatable bonds is 15. The lowest BCUT2D eigenvalue weighted by Gasteiger charge is -2.29. The predicted molar refractivity (Wildman–Crippen MR) is 166 cm³/mol. The maximum absolute atomic E-state index is 10.6. The molecule has 208 valence electrons. The summed E-state index contributed by atoms with van der Waals surface area (Å²) in [7, 11) is 0. The van der Waals surface area contributed by atoms with Crippen molar-refractivity contribution in [3.05, 3.63) is 119 Å². The molecule has 0 saturated carbocycles. The molecule has 0 fully saturated rings. The second-order valence-corrected chi connectivity index (χ2v) is 11.1. The van der Waals surface area contributed by atoms with E-state index in [1.54, 1.807) is 26.8 Å². The van der Waals surface area contributed by atoms with Gasteiger partial charge in [0.1, 0.15) is 6.29 Å². The van der Waals surface area contributed by atoms with Gasteiger partial charge in [0.2, 0.25) is 0 Å². The van der Waals surface area contributed by atoms with Crippen LogP contribution in [-0.2, 0) is 4.79 Å². The minimum Gasteiger partial charge on any atom is -0.390 e. The molecule has 38 heavy (non-hydrogen) atoms. The molecule has 0 heterocycles. The van der Waals surface area contributed by atoms with Gasteiger partial charge >= 0.3 is 0 Å². The van der Waals surface area contributed by atoms with Crippen molar-refractivity contribution in [1.29, 1.82) is 0 Å². The second-order valence-electron chi connectivity index (χ2n) is 11.1. The maximum Gasteiger partial charge on any atom is 0.145 e. The zero-order valence-electron chi connectivity index (χ0n) is 25.0. The van der Waals surface area contributed by atoms with Crippen molar-refractivity contribution in [3.8, 4) is 0 Å². The van der Waals surface area contributed by atoms with Crippen LogP contribution in [0.2, 0.25) is 0 Å². The number of hydrogen-bond acceptors (Lipinski definition) is 3. The largest absolute Gasteiger partial charge is 0.390 e. The first-order valence-electron chi connectivity index (χ1n) is 13.3. The number of aldehydes is 1. The Bertz CT molecular complexity index is 1030. The van der Waals surface area contributed by atoms with Gasteiger partial charge in [0.15, 0.2) is 0 Å². The summed E-state index contributed by atoms with van der Waals surface area (Å²) < 4.78 is 0. The van der Waals surface area contributed by atoms with Crippen molar-refractivity contribution < 1.29 is 15.0 Å². The molecule has 0 aliphatic heterocycles. The fourth-order valence-electron chi connectivity index (χ4n) is 3.19. The monoisotopic (exact) mass is 518 g/mol. The van der Waals surface area contributed by atoms with Gasteiger partial charge in [-0.2, -0.15) is 0 Å². The number of carbonyl (C=O) groups excluding carboxylic acids is 1. The van der Waals surface area contributed by atoms with E-state index >= 15 is 0 Å². The number of carbonyl (C=O) groups is 1. The molecule has 0 radical (unpaired) electrons. The molecule has 3 heteroatoms. The van der Waals surface area contributed by atoms with E-state index in [9.17, 15) is 15.0 Å². The van der Waals surface area contributed by atoms with Gasteiger partial charge in [-0.3, -0.25) is 4.79 Å². The van der Waals surface area contributed by atoms with E-state index in [1.165, 1.54) is 0 Å². The smallest absolute Gasteiger partial charge is 0.145 e. The lowest BCUT2D eigenvalue weighted by atomic mass is 9.84. The average molecular weight is 519 g/mol. The van der Waals surface area contributed by atoms with Crippen molar-refractivity contribution in [2.45, 2.75) is 86.4 Å². The number of allylic oxidation sites excluding steroid dienone is 19. The first-order valence-corrected chi connectivity index (χ1v) is 13.3. The summed E-state index contributed by atoms with van der Waals surface area (Å²) in [6.45, 7) is 17.2. The Morgan fingerprint density at radius 1 is 0.605 bits per heavy atom. The third-order valence-corrected chi connectivity index (χ3v) is 5.74. The Morgan fingerprint density at radius 2 is 0.974 bits per heavy atom. The molecule has 0 aliphatic carbocycles. The van der Waals surface area contributed by atoms with Gasteiger partial charge < -0.3 is 10.2 Å². The molecule has 0 saturated heterocycles. The van der Waals surface area contributed by atoms with Gasteiger partial charge in [0.05, 0.1) is 11.2 Å². The Balaban J connectivity index is 4.96. The van der Waals surface area contributed by atoms with Crippen molar-refractivity contribution >= 4 is 6.29 Å². The molecule has 0 bridgehead atoms. The van der Waals surface area contributed by atoms with Crippen LogP contribution < -0.4 is 0 Å². The Hall–Kier alpha value is -3.01. The van der Waals surface area contributed by atoms with Crippen LogP contribution in [0.1, 0.15) is 75.2 Å². The van der Waals surface area contributed by atoms with Crippen molar-refractivity contribution in [1.82, 2.24) is 0 Å². The molecule has 0 aromatic heterocycles. The molecule has 3 nitrogen and oxygen atoms in total. The molecule has 2 N–H and O–H groups in total. The molecule has 0 amide bonds. The highest BCUT2D eigenvalue weighted by Gasteiger charge is 2.26. The zero-order valence-corrected chi connectivity index (χ0v) is 25.0. The molecule has 0 aromatic carbocycles. The van der Waals surface area contributed by atoms with E-state index in [1.807, 2.05) is 82.4 Å². The summed E-state index contributed by atoms with van der Waals surface area (Å²) in [4.78, 5) is 10.6. The molecule has 0 rings (SSSR count). The van der Waals surface area contributed by atoms with Gasteiger partial charge in [-0.15, -0.1) is 0 Å². The van der Waals surface area contributed by atoms with Crippen LogP contribution in [0.15, 0.2) is 119 Å². The summed E-state index contributed by atoms with van der Waals surface area (Å²) in [5, 5.41) is 20.5. The van der Waals surface area contributed by atoms with Gasteiger partial charge in [-0.05, 0) is 80.7 Å². The summed E-state index contributed by atoms with van der Waals surface area (Å²) in [5.41, 5.74) is 3.61. The second kappa shape index (κ2) is 18.3. The molecule has 0 aromatic rings. The lowest BCUT2D eigenvalue weighted by molar-refractivity contribution is -0.104. The van der Waals surface area contributed by atoms with Crippen LogP contribution in [0.4, 0.5) is 0 Å². The number of hydrogen-bond donors (Lipinski definition) is 2. The summed E-state index contributed by atoms with van der Waals surface area (Å²) >= 11 is 0. The molecule has 0 aliphatic rings. The Labute approximate surface area is 232 Å². The van der Waals surface area contributed by atoms with Crippen molar-refractivity contribution in [2.24, 2.45) is 5.92 Å². The molecule has 0 spiro atoms. The molecular weight excluding hydrogens is 468 g/mol. The minimum absolute atomic E-state index is 0.0305. The number of aliphatic hydroxyl groups is 2. The maximum atomic E-state index is 10.6.